The molecule has 0 atom stereocenters. The Labute approximate surface area is 289 Å². The average molecular weight is 682 g/mol. The minimum absolute atomic E-state index is 0.197. The fraction of sp³-hybridized carbons (Fsp3) is 0.378. The minimum atomic E-state index is -0.525. The van der Waals surface area contributed by atoms with E-state index in [0.29, 0.717) is 49.7 Å². The van der Waals surface area contributed by atoms with E-state index in [1.54, 1.807) is 11.3 Å². The lowest BCUT2D eigenvalue weighted by Gasteiger charge is -2.19. The van der Waals surface area contributed by atoms with Gasteiger partial charge in [0.05, 0.1) is 6.33 Å². The fourth-order valence-electron chi connectivity index (χ4n) is 5.69. The third-order valence-corrected chi connectivity index (χ3v) is 9.05. The van der Waals surface area contributed by atoms with E-state index in [2.05, 4.69) is 56.5 Å². The van der Waals surface area contributed by atoms with Crippen LogP contribution in [0, 0.1) is 0 Å². The van der Waals surface area contributed by atoms with Crippen molar-refractivity contribution >= 4 is 61.4 Å². The Morgan fingerprint density at radius 1 is 1.02 bits per heavy atom. The summed E-state index contributed by atoms with van der Waals surface area (Å²) < 4.78 is 14.2. The van der Waals surface area contributed by atoms with Gasteiger partial charge in [-0.1, -0.05) is 24.6 Å². The predicted molar refractivity (Wildman–Crippen MR) is 195 cm³/mol. The van der Waals surface area contributed by atoms with Crippen molar-refractivity contribution in [1.82, 2.24) is 29.8 Å². The number of esters is 1. The number of fused-ring (bicyclic) bond motifs is 3. The zero-order valence-electron chi connectivity index (χ0n) is 28.6. The second-order valence-electron chi connectivity index (χ2n) is 13.4. The number of amides is 1. The maximum absolute atomic E-state index is 12.6. The van der Waals surface area contributed by atoms with Crippen LogP contribution in [0.1, 0.15) is 71.9 Å². The molecule has 0 radical (unpaired) electrons. The summed E-state index contributed by atoms with van der Waals surface area (Å²) in [5.74, 6) is 1.61. The first kappa shape index (κ1) is 33.9. The van der Waals surface area contributed by atoms with E-state index in [1.165, 1.54) is 4.70 Å². The Morgan fingerprint density at radius 3 is 2.67 bits per heavy atom. The van der Waals surface area contributed by atoms with Crippen molar-refractivity contribution in [2.45, 2.75) is 78.4 Å². The molecule has 6 rings (SSSR count). The monoisotopic (exact) mass is 681 g/mol. The molecule has 0 aliphatic heterocycles. The number of unbranched alkanes of at least 4 members (excludes halogenated alkanes) is 2. The molecule has 11 nitrogen and oxygen atoms in total. The van der Waals surface area contributed by atoms with Gasteiger partial charge in [-0.05, 0) is 83.7 Å². The quantitative estimate of drug-likeness (QED) is 0.0628. The van der Waals surface area contributed by atoms with Gasteiger partial charge in [0.1, 0.15) is 16.9 Å². The van der Waals surface area contributed by atoms with E-state index in [0.717, 1.165) is 51.4 Å². The molecular weight excluding hydrogens is 639 g/mol. The molecule has 0 aliphatic rings. The summed E-state index contributed by atoms with van der Waals surface area (Å²) >= 11 is 1.69. The lowest BCUT2D eigenvalue weighted by atomic mass is 10.1. The van der Waals surface area contributed by atoms with Gasteiger partial charge in [0, 0.05) is 63.7 Å². The second kappa shape index (κ2) is 14.7. The molecule has 256 valence electrons. The van der Waals surface area contributed by atoms with Crippen LogP contribution in [-0.4, -0.2) is 55.3 Å². The molecule has 12 heteroatoms. The number of hydrogen-bond donors (Lipinski definition) is 3. The fourth-order valence-corrected chi connectivity index (χ4v) is 6.63. The number of aromatic nitrogens is 5. The summed E-state index contributed by atoms with van der Waals surface area (Å²) in [6.45, 7) is 10.8. The van der Waals surface area contributed by atoms with E-state index < -0.39 is 11.7 Å². The van der Waals surface area contributed by atoms with Crippen molar-refractivity contribution in [2.24, 2.45) is 0 Å². The Morgan fingerprint density at radius 2 is 1.86 bits per heavy atom. The minimum Gasteiger partial charge on any atom is -0.444 e. The standard InChI is InChI=1S/C37H43N7O4S/c1-23(2)44-22-41-32-34(42-33(43-35(32)44)28-21-49-30-12-9-8-11-26(28)30)38-18-16-24-20-40-29-15-14-25(19-27(24)29)47-31(45)13-7-6-10-17-39-36(46)48-37(3,4)5/h8-9,11-12,14-15,19-23,40H,6-7,10,13,16-18H2,1-5H3,(H,39,46)(H,38,42,43). The number of benzene rings is 2. The number of thiophene rings is 1. The summed E-state index contributed by atoms with van der Waals surface area (Å²) in [4.78, 5) is 42.3. The van der Waals surface area contributed by atoms with Gasteiger partial charge in [0.15, 0.2) is 17.3 Å². The molecule has 0 aliphatic carbocycles. The maximum Gasteiger partial charge on any atom is 0.407 e. The topological polar surface area (TPSA) is 136 Å². The third kappa shape index (κ3) is 8.19. The molecule has 3 N–H and O–H groups in total. The van der Waals surface area contributed by atoms with Crippen molar-refractivity contribution < 1.29 is 19.1 Å². The van der Waals surface area contributed by atoms with Crippen molar-refractivity contribution in [2.75, 3.05) is 18.4 Å². The van der Waals surface area contributed by atoms with Gasteiger partial charge in [-0.15, -0.1) is 11.3 Å². The molecule has 0 unspecified atom stereocenters. The van der Waals surface area contributed by atoms with Crippen LogP contribution < -0.4 is 15.4 Å². The zero-order valence-corrected chi connectivity index (χ0v) is 29.4. The smallest absolute Gasteiger partial charge is 0.407 e. The summed E-state index contributed by atoms with van der Waals surface area (Å²) in [6, 6.07) is 14.2. The number of aromatic amines is 1. The number of carbonyl (C=O) groups is 2. The van der Waals surface area contributed by atoms with E-state index in [1.807, 2.05) is 63.6 Å². The van der Waals surface area contributed by atoms with Crippen LogP contribution in [0.5, 0.6) is 5.75 Å². The van der Waals surface area contributed by atoms with Gasteiger partial charge in [-0.25, -0.2) is 19.7 Å². The third-order valence-electron chi connectivity index (χ3n) is 8.08. The van der Waals surface area contributed by atoms with E-state index >= 15 is 0 Å². The highest BCUT2D eigenvalue weighted by Gasteiger charge is 2.19. The number of hydrogen-bond acceptors (Lipinski definition) is 9. The molecular formula is C37H43N7O4S. The highest BCUT2D eigenvalue weighted by Crippen LogP contribution is 2.34. The van der Waals surface area contributed by atoms with Crippen molar-refractivity contribution in [3.63, 3.8) is 0 Å². The van der Waals surface area contributed by atoms with Crippen LogP contribution in [0.15, 0.2) is 60.4 Å². The van der Waals surface area contributed by atoms with Crippen molar-refractivity contribution in [1.29, 1.82) is 0 Å². The average Bonchev–Trinajstić information content (AvgIpc) is 3.79. The first-order valence-electron chi connectivity index (χ1n) is 16.8. The van der Waals surface area contributed by atoms with Crippen LogP contribution in [0.2, 0.25) is 0 Å². The van der Waals surface area contributed by atoms with Crippen LogP contribution in [0.25, 0.3) is 43.5 Å². The zero-order chi connectivity index (χ0) is 34.5. The molecule has 0 saturated carbocycles. The molecule has 49 heavy (non-hydrogen) atoms. The highest BCUT2D eigenvalue weighted by atomic mass is 32.1. The predicted octanol–water partition coefficient (Wildman–Crippen LogP) is 8.42. The molecule has 1 amide bonds. The van der Waals surface area contributed by atoms with E-state index in [-0.39, 0.29) is 12.0 Å². The Kier molecular flexibility index (Phi) is 10.1. The number of imidazole rings is 1. The number of alkyl carbamates (subject to hydrolysis) is 1. The molecule has 4 aromatic heterocycles. The number of nitrogens with zero attached hydrogens (tertiary/aromatic N) is 4. The lowest BCUT2D eigenvalue weighted by Crippen LogP contribution is -2.33. The molecule has 4 heterocycles. The SMILES string of the molecule is CC(C)n1cnc2c(NCCc3c[nH]c4ccc(OC(=O)CCCCCNC(=O)OC(C)(C)C)cc34)nc(-c3csc4ccccc34)nc21. The first-order valence-corrected chi connectivity index (χ1v) is 17.7. The van der Waals surface area contributed by atoms with E-state index in [9.17, 15) is 9.59 Å². The van der Waals surface area contributed by atoms with Gasteiger partial charge in [0.2, 0.25) is 0 Å². The van der Waals surface area contributed by atoms with Crippen LogP contribution >= 0.6 is 11.3 Å². The van der Waals surface area contributed by atoms with Crippen LogP contribution in [-0.2, 0) is 16.0 Å². The Balaban J connectivity index is 1.08. The number of anilines is 1. The second-order valence-corrected chi connectivity index (χ2v) is 14.3. The van der Waals surface area contributed by atoms with E-state index in [4.69, 9.17) is 19.4 Å². The van der Waals surface area contributed by atoms with Gasteiger partial charge in [-0.3, -0.25) is 4.79 Å². The van der Waals surface area contributed by atoms with Crippen molar-refractivity contribution in [3.05, 3.63) is 65.9 Å². The van der Waals surface area contributed by atoms with Gasteiger partial charge < -0.3 is 29.7 Å². The highest BCUT2D eigenvalue weighted by molar-refractivity contribution is 7.17. The molecule has 0 saturated heterocycles. The summed E-state index contributed by atoms with van der Waals surface area (Å²) in [5.41, 5.74) is 4.09. The van der Waals surface area contributed by atoms with Gasteiger partial charge >= 0.3 is 12.1 Å². The molecule has 0 fully saturated rings. The lowest BCUT2D eigenvalue weighted by molar-refractivity contribution is -0.134. The summed E-state index contributed by atoms with van der Waals surface area (Å²) in [6.07, 6.45) is 6.63. The van der Waals surface area contributed by atoms with Gasteiger partial charge in [-0.2, -0.15) is 0 Å². The number of carbonyl (C=O) groups excluding carboxylic acids is 2. The number of nitrogens with one attached hydrogen (secondary N) is 3. The number of ether oxygens (including phenoxy) is 2. The molecule has 2 aromatic carbocycles. The molecule has 6 aromatic rings. The largest absolute Gasteiger partial charge is 0.444 e. The summed E-state index contributed by atoms with van der Waals surface area (Å²) in [5, 5.41) is 10.5. The van der Waals surface area contributed by atoms with Crippen molar-refractivity contribution in [3.8, 4) is 17.1 Å². The Hall–Kier alpha value is -4.97. The maximum atomic E-state index is 12.6. The van der Waals surface area contributed by atoms with Crippen LogP contribution in [0.4, 0.5) is 10.6 Å². The molecule has 0 bridgehead atoms. The van der Waals surface area contributed by atoms with Crippen LogP contribution in [0.3, 0.4) is 0 Å². The number of H-pyrrole nitrogens is 1. The summed E-state index contributed by atoms with van der Waals surface area (Å²) in [7, 11) is 0. The molecule has 0 spiro atoms. The normalized spacial score (nSPS) is 11.9. The van der Waals surface area contributed by atoms with Gasteiger partial charge in [0.25, 0.3) is 0 Å². The Bertz CT molecular complexity index is 2090. The number of rotatable bonds is 13. The first-order chi connectivity index (χ1) is 23.6.